The van der Waals surface area contributed by atoms with E-state index in [1.807, 2.05) is 30.5 Å². The van der Waals surface area contributed by atoms with E-state index in [4.69, 9.17) is 11.6 Å². The molecule has 0 saturated heterocycles. The highest BCUT2D eigenvalue weighted by Gasteiger charge is 2.01. The normalized spacial score (nSPS) is 10.5. The van der Waals surface area contributed by atoms with Gasteiger partial charge in [0.2, 0.25) is 0 Å². The van der Waals surface area contributed by atoms with E-state index in [0.717, 1.165) is 22.0 Å². The Morgan fingerprint density at radius 3 is 1.89 bits per heavy atom. The number of nitrogens with one attached hydrogen (secondary N) is 1. The second-order valence-electron chi connectivity index (χ2n) is 4.02. The summed E-state index contributed by atoms with van der Waals surface area (Å²) >= 11 is 5.88. The van der Waals surface area contributed by atoms with Crippen molar-refractivity contribution in [2.24, 2.45) is 0 Å². The minimum absolute atomic E-state index is 0.756. The van der Waals surface area contributed by atoms with Gasteiger partial charge in [0, 0.05) is 23.0 Å². The van der Waals surface area contributed by atoms with Gasteiger partial charge in [-0.3, -0.25) is 0 Å². The predicted octanol–water partition coefficient (Wildman–Crippen LogP) is 4.40. The number of benzene rings is 2. The first-order chi connectivity index (χ1) is 8.83. The molecule has 18 heavy (non-hydrogen) atoms. The second kappa shape index (κ2) is 4.67. The van der Waals surface area contributed by atoms with Crippen molar-refractivity contribution in [3.63, 3.8) is 0 Å². The van der Waals surface area contributed by atoms with Gasteiger partial charge in [0.15, 0.2) is 0 Å². The Hall–Kier alpha value is -2.06. The van der Waals surface area contributed by atoms with E-state index in [9.17, 15) is 0 Å². The largest absolute Gasteiger partial charge is 0.345 e. The lowest BCUT2D eigenvalue weighted by molar-refractivity contribution is 1.31. The Kier molecular flexibility index (Phi) is 2.87. The van der Waals surface area contributed by atoms with Crippen LogP contribution in [-0.2, 0) is 0 Å². The summed E-state index contributed by atoms with van der Waals surface area (Å²) in [6.07, 6.45) is 3.57. The van der Waals surface area contributed by atoms with Gasteiger partial charge in [0.05, 0.1) is 0 Å². The monoisotopic (exact) mass is 254 g/mol. The SMILES string of the molecule is Clc1ccc(-c2ccc(-c3ncc[nH]3)cc2)cc1. The van der Waals surface area contributed by atoms with Crippen LogP contribution in [0.25, 0.3) is 22.5 Å². The molecule has 0 aliphatic carbocycles. The lowest BCUT2D eigenvalue weighted by atomic mass is 10.0. The van der Waals surface area contributed by atoms with E-state index in [0.29, 0.717) is 0 Å². The molecule has 1 heterocycles. The fourth-order valence-corrected chi connectivity index (χ4v) is 2.01. The van der Waals surface area contributed by atoms with Gasteiger partial charge in [-0.05, 0) is 23.3 Å². The molecule has 0 aliphatic heterocycles. The molecule has 0 saturated carbocycles. The van der Waals surface area contributed by atoms with Gasteiger partial charge < -0.3 is 4.98 Å². The summed E-state index contributed by atoms with van der Waals surface area (Å²) in [5.41, 5.74) is 3.41. The van der Waals surface area contributed by atoms with Crippen LogP contribution in [0.4, 0.5) is 0 Å². The van der Waals surface area contributed by atoms with Crippen LogP contribution in [0, 0.1) is 0 Å². The summed E-state index contributed by atoms with van der Waals surface area (Å²) < 4.78 is 0. The maximum atomic E-state index is 5.88. The van der Waals surface area contributed by atoms with Gasteiger partial charge in [-0.2, -0.15) is 0 Å². The smallest absolute Gasteiger partial charge is 0.137 e. The van der Waals surface area contributed by atoms with Gasteiger partial charge in [0.25, 0.3) is 0 Å². The molecule has 0 unspecified atom stereocenters. The molecule has 0 bridgehead atoms. The van der Waals surface area contributed by atoms with Crippen LogP contribution in [0.5, 0.6) is 0 Å². The number of hydrogen-bond donors (Lipinski definition) is 1. The third-order valence-electron chi connectivity index (χ3n) is 2.83. The highest BCUT2D eigenvalue weighted by Crippen LogP contribution is 2.24. The van der Waals surface area contributed by atoms with E-state index in [2.05, 4.69) is 34.2 Å². The first-order valence-corrected chi connectivity index (χ1v) is 6.06. The zero-order valence-electron chi connectivity index (χ0n) is 9.60. The molecule has 3 rings (SSSR count). The van der Waals surface area contributed by atoms with Crippen LogP contribution in [0.3, 0.4) is 0 Å². The number of rotatable bonds is 2. The number of aromatic nitrogens is 2. The van der Waals surface area contributed by atoms with E-state index < -0.39 is 0 Å². The number of hydrogen-bond acceptors (Lipinski definition) is 1. The number of H-pyrrole nitrogens is 1. The molecule has 1 N–H and O–H groups in total. The minimum Gasteiger partial charge on any atom is -0.345 e. The van der Waals surface area contributed by atoms with E-state index in [1.165, 1.54) is 5.56 Å². The average Bonchev–Trinajstić information content (AvgIpc) is 2.94. The van der Waals surface area contributed by atoms with Crippen molar-refractivity contribution in [3.05, 3.63) is 65.9 Å². The molecule has 0 aliphatic rings. The van der Waals surface area contributed by atoms with Crippen LogP contribution in [0.15, 0.2) is 60.9 Å². The summed E-state index contributed by atoms with van der Waals surface area (Å²) in [5, 5.41) is 0.756. The van der Waals surface area contributed by atoms with Crippen LogP contribution in [0.2, 0.25) is 5.02 Å². The Morgan fingerprint density at radius 2 is 1.33 bits per heavy atom. The van der Waals surface area contributed by atoms with Crippen LogP contribution in [-0.4, -0.2) is 9.97 Å². The first-order valence-electron chi connectivity index (χ1n) is 5.69. The molecule has 3 heteroatoms. The van der Waals surface area contributed by atoms with Crippen molar-refractivity contribution < 1.29 is 0 Å². The standard InChI is InChI=1S/C15H11ClN2/c16-14-7-5-12(6-8-14)11-1-3-13(4-2-11)15-17-9-10-18-15/h1-10H,(H,17,18). The van der Waals surface area contributed by atoms with Crippen molar-refractivity contribution in [2.45, 2.75) is 0 Å². The molecule has 1 aromatic heterocycles. The Balaban J connectivity index is 1.94. The quantitative estimate of drug-likeness (QED) is 0.722. The van der Waals surface area contributed by atoms with Crippen molar-refractivity contribution in [1.82, 2.24) is 9.97 Å². The Labute approximate surface area is 110 Å². The third-order valence-corrected chi connectivity index (χ3v) is 3.09. The summed E-state index contributed by atoms with van der Waals surface area (Å²) in [6, 6.07) is 16.1. The average molecular weight is 255 g/mol. The first kappa shape index (κ1) is 11.1. The maximum absolute atomic E-state index is 5.88. The second-order valence-corrected chi connectivity index (χ2v) is 4.46. The van der Waals surface area contributed by atoms with Crippen LogP contribution in [0.1, 0.15) is 0 Å². The van der Waals surface area contributed by atoms with Gasteiger partial charge in [-0.1, -0.05) is 48.0 Å². The summed E-state index contributed by atoms with van der Waals surface area (Å²) in [4.78, 5) is 7.32. The Bertz CT molecular complexity index is 625. The highest BCUT2D eigenvalue weighted by molar-refractivity contribution is 6.30. The zero-order chi connectivity index (χ0) is 12.4. The number of aromatic amines is 1. The molecule has 2 nitrogen and oxygen atoms in total. The summed E-state index contributed by atoms with van der Waals surface area (Å²) in [7, 11) is 0. The fraction of sp³-hybridized carbons (Fsp3) is 0. The van der Waals surface area contributed by atoms with Crippen LogP contribution >= 0.6 is 11.6 Å². The third kappa shape index (κ3) is 2.15. The lowest BCUT2D eigenvalue weighted by Crippen LogP contribution is -1.81. The van der Waals surface area contributed by atoms with E-state index in [1.54, 1.807) is 6.20 Å². The molecule has 0 amide bonds. The van der Waals surface area contributed by atoms with E-state index >= 15 is 0 Å². The van der Waals surface area contributed by atoms with Crippen molar-refractivity contribution in [1.29, 1.82) is 0 Å². The van der Waals surface area contributed by atoms with Crippen LogP contribution < -0.4 is 0 Å². The molecule has 3 aromatic rings. The van der Waals surface area contributed by atoms with Crippen molar-refractivity contribution in [3.8, 4) is 22.5 Å². The van der Waals surface area contributed by atoms with Gasteiger partial charge >= 0.3 is 0 Å². The molecular weight excluding hydrogens is 244 g/mol. The predicted molar refractivity (Wildman–Crippen MR) is 74.5 cm³/mol. The van der Waals surface area contributed by atoms with Gasteiger partial charge in [0.1, 0.15) is 5.82 Å². The molecule has 0 fully saturated rings. The zero-order valence-corrected chi connectivity index (χ0v) is 10.4. The summed E-state index contributed by atoms with van der Waals surface area (Å²) in [6.45, 7) is 0. The molecule has 2 aromatic carbocycles. The fourth-order valence-electron chi connectivity index (χ4n) is 1.89. The molecular formula is C15H11ClN2. The lowest BCUT2D eigenvalue weighted by Gasteiger charge is -2.03. The van der Waals surface area contributed by atoms with Crippen molar-refractivity contribution in [2.75, 3.05) is 0 Å². The van der Waals surface area contributed by atoms with Gasteiger partial charge in [-0.25, -0.2) is 4.98 Å². The number of nitrogens with zero attached hydrogens (tertiary/aromatic N) is 1. The maximum Gasteiger partial charge on any atom is 0.137 e. The summed E-state index contributed by atoms with van der Waals surface area (Å²) in [5.74, 6) is 0.887. The molecule has 88 valence electrons. The topological polar surface area (TPSA) is 28.7 Å². The molecule has 0 atom stereocenters. The van der Waals surface area contributed by atoms with E-state index in [-0.39, 0.29) is 0 Å². The molecule has 0 radical (unpaired) electrons. The van der Waals surface area contributed by atoms with Crippen molar-refractivity contribution >= 4 is 11.6 Å². The minimum atomic E-state index is 0.756. The number of halogens is 1. The van der Waals surface area contributed by atoms with Gasteiger partial charge in [-0.15, -0.1) is 0 Å². The highest BCUT2D eigenvalue weighted by atomic mass is 35.5. The Morgan fingerprint density at radius 1 is 0.778 bits per heavy atom. The molecule has 0 spiro atoms. The number of imidazole rings is 1.